The van der Waals surface area contributed by atoms with E-state index in [9.17, 15) is 0 Å². The first kappa shape index (κ1) is 15.3. The SMILES string of the molecule is CN(CCc1cccc2ccccc12)c1ccc2nnc(C3CC3)n2n1. The molecule has 0 atom stereocenters. The summed E-state index contributed by atoms with van der Waals surface area (Å²) >= 11 is 0. The molecule has 0 N–H and O–H groups in total. The number of likely N-dealkylation sites (N-methyl/N-ethyl adjacent to an activating group) is 1. The standard InChI is InChI=1S/C21H21N5/c1-25(14-13-16-7-4-6-15-5-2-3-8-18(15)16)20-12-11-19-22-23-21(17-9-10-17)26(19)24-20/h2-8,11-12,17H,9-10,13-14H2,1H3. The summed E-state index contributed by atoms with van der Waals surface area (Å²) in [5, 5.41) is 16.0. The summed E-state index contributed by atoms with van der Waals surface area (Å²) in [5.41, 5.74) is 2.21. The van der Waals surface area contributed by atoms with E-state index >= 15 is 0 Å². The highest BCUT2D eigenvalue weighted by atomic mass is 15.4. The maximum atomic E-state index is 4.79. The molecule has 1 aliphatic carbocycles. The van der Waals surface area contributed by atoms with Crippen LogP contribution in [0.2, 0.25) is 0 Å². The third-order valence-electron chi connectivity index (χ3n) is 5.20. The van der Waals surface area contributed by atoms with Crippen LogP contribution in [-0.4, -0.2) is 33.4 Å². The third kappa shape index (κ3) is 2.69. The van der Waals surface area contributed by atoms with Gasteiger partial charge >= 0.3 is 0 Å². The van der Waals surface area contributed by atoms with Gasteiger partial charge in [-0.15, -0.1) is 15.3 Å². The molecule has 130 valence electrons. The largest absolute Gasteiger partial charge is 0.358 e. The van der Waals surface area contributed by atoms with E-state index in [0.29, 0.717) is 5.92 Å². The summed E-state index contributed by atoms with van der Waals surface area (Å²) in [6.07, 6.45) is 3.38. The van der Waals surface area contributed by atoms with E-state index in [1.807, 2.05) is 16.6 Å². The maximum absolute atomic E-state index is 4.79. The second kappa shape index (κ2) is 6.09. The summed E-state index contributed by atoms with van der Waals surface area (Å²) in [5.74, 6) is 2.50. The number of aromatic nitrogens is 4. The number of rotatable bonds is 5. The van der Waals surface area contributed by atoms with E-state index in [1.54, 1.807) is 0 Å². The highest BCUT2D eigenvalue weighted by Crippen LogP contribution is 2.38. The molecule has 5 rings (SSSR count). The van der Waals surface area contributed by atoms with Crippen LogP contribution >= 0.6 is 0 Å². The maximum Gasteiger partial charge on any atom is 0.178 e. The van der Waals surface area contributed by atoms with E-state index < -0.39 is 0 Å². The van der Waals surface area contributed by atoms with Crippen molar-refractivity contribution in [3.63, 3.8) is 0 Å². The zero-order valence-corrected chi connectivity index (χ0v) is 14.8. The topological polar surface area (TPSA) is 46.3 Å². The van der Waals surface area contributed by atoms with Crippen LogP contribution in [-0.2, 0) is 6.42 Å². The zero-order chi connectivity index (χ0) is 17.5. The molecule has 0 saturated heterocycles. The Balaban J connectivity index is 1.39. The number of nitrogens with zero attached hydrogens (tertiary/aromatic N) is 5. The Morgan fingerprint density at radius 2 is 1.85 bits per heavy atom. The monoisotopic (exact) mass is 343 g/mol. The lowest BCUT2D eigenvalue weighted by Gasteiger charge is -2.18. The molecule has 2 aromatic heterocycles. The van der Waals surface area contributed by atoms with Gasteiger partial charge in [-0.1, -0.05) is 42.5 Å². The van der Waals surface area contributed by atoms with Gasteiger partial charge in [-0.25, -0.2) is 0 Å². The van der Waals surface area contributed by atoms with Crippen molar-refractivity contribution < 1.29 is 0 Å². The normalized spacial score (nSPS) is 14.2. The first-order chi connectivity index (χ1) is 12.8. The quantitative estimate of drug-likeness (QED) is 0.552. The Morgan fingerprint density at radius 3 is 2.73 bits per heavy atom. The Bertz CT molecular complexity index is 1070. The Morgan fingerprint density at radius 1 is 1.00 bits per heavy atom. The molecule has 1 aliphatic rings. The highest BCUT2D eigenvalue weighted by Gasteiger charge is 2.29. The number of benzene rings is 2. The molecule has 0 radical (unpaired) electrons. The van der Waals surface area contributed by atoms with Crippen molar-refractivity contribution in [1.82, 2.24) is 19.8 Å². The van der Waals surface area contributed by atoms with Gasteiger partial charge in [0.2, 0.25) is 0 Å². The first-order valence-corrected chi connectivity index (χ1v) is 9.20. The van der Waals surface area contributed by atoms with Crippen LogP contribution in [0.3, 0.4) is 0 Å². The van der Waals surface area contributed by atoms with Crippen LogP contribution in [0.1, 0.15) is 30.1 Å². The first-order valence-electron chi connectivity index (χ1n) is 9.20. The predicted octanol–water partition coefficient (Wildman–Crippen LogP) is 3.83. The molecular formula is C21H21N5. The van der Waals surface area contributed by atoms with E-state index in [4.69, 9.17) is 5.10 Å². The van der Waals surface area contributed by atoms with E-state index in [1.165, 1.54) is 29.2 Å². The molecule has 2 heterocycles. The second-order valence-corrected chi connectivity index (χ2v) is 7.10. The number of fused-ring (bicyclic) bond motifs is 2. The van der Waals surface area contributed by atoms with Crippen molar-refractivity contribution in [3.8, 4) is 0 Å². The van der Waals surface area contributed by atoms with Crippen LogP contribution in [0.25, 0.3) is 16.4 Å². The lowest BCUT2D eigenvalue weighted by Crippen LogP contribution is -2.22. The smallest absolute Gasteiger partial charge is 0.178 e. The molecule has 0 aliphatic heterocycles. The van der Waals surface area contributed by atoms with Gasteiger partial charge in [-0.3, -0.25) is 0 Å². The molecule has 0 amide bonds. The summed E-state index contributed by atoms with van der Waals surface area (Å²) in [6.45, 7) is 0.910. The fourth-order valence-corrected chi connectivity index (χ4v) is 3.51. The average Bonchev–Trinajstić information content (AvgIpc) is 3.44. The van der Waals surface area contributed by atoms with Gasteiger partial charge < -0.3 is 4.90 Å². The van der Waals surface area contributed by atoms with Crippen molar-refractivity contribution in [2.24, 2.45) is 0 Å². The number of anilines is 1. The predicted molar refractivity (Wildman–Crippen MR) is 104 cm³/mol. The molecule has 5 heteroatoms. The van der Waals surface area contributed by atoms with Gasteiger partial charge in [0.15, 0.2) is 11.5 Å². The summed E-state index contributed by atoms with van der Waals surface area (Å²) in [4.78, 5) is 2.21. The fraction of sp³-hybridized carbons (Fsp3) is 0.286. The molecule has 0 spiro atoms. The number of hydrogen-bond donors (Lipinski definition) is 0. The Hall–Kier alpha value is -2.95. The van der Waals surface area contributed by atoms with Crippen molar-refractivity contribution in [2.45, 2.75) is 25.2 Å². The summed E-state index contributed by atoms with van der Waals surface area (Å²) in [6, 6.07) is 19.1. The Labute approximate surface area is 152 Å². The molecular weight excluding hydrogens is 322 g/mol. The molecule has 26 heavy (non-hydrogen) atoms. The minimum absolute atomic E-state index is 0.536. The highest BCUT2D eigenvalue weighted by molar-refractivity contribution is 5.85. The van der Waals surface area contributed by atoms with Gasteiger partial charge in [0.05, 0.1) is 0 Å². The van der Waals surface area contributed by atoms with Crippen LogP contribution < -0.4 is 4.90 Å². The fourth-order valence-electron chi connectivity index (χ4n) is 3.51. The van der Waals surface area contributed by atoms with Gasteiger partial charge in [0.1, 0.15) is 5.82 Å². The van der Waals surface area contributed by atoms with Gasteiger partial charge in [0.25, 0.3) is 0 Å². The van der Waals surface area contributed by atoms with Crippen LogP contribution in [0.15, 0.2) is 54.6 Å². The summed E-state index contributed by atoms with van der Waals surface area (Å²) in [7, 11) is 2.10. The molecule has 2 aromatic carbocycles. The lowest BCUT2D eigenvalue weighted by atomic mass is 10.0. The van der Waals surface area contributed by atoms with Crippen LogP contribution in [0.4, 0.5) is 5.82 Å². The molecule has 5 nitrogen and oxygen atoms in total. The molecule has 4 aromatic rings. The minimum Gasteiger partial charge on any atom is -0.358 e. The van der Waals surface area contributed by atoms with E-state index in [0.717, 1.165) is 30.3 Å². The Kier molecular flexibility index (Phi) is 3.59. The van der Waals surface area contributed by atoms with Gasteiger partial charge in [0, 0.05) is 19.5 Å². The van der Waals surface area contributed by atoms with Crippen molar-refractivity contribution in [1.29, 1.82) is 0 Å². The minimum atomic E-state index is 0.536. The van der Waals surface area contributed by atoms with E-state index in [-0.39, 0.29) is 0 Å². The molecule has 0 unspecified atom stereocenters. The lowest BCUT2D eigenvalue weighted by molar-refractivity contribution is 0.783. The molecule has 0 bridgehead atoms. The van der Waals surface area contributed by atoms with Crippen LogP contribution in [0, 0.1) is 0 Å². The zero-order valence-electron chi connectivity index (χ0n) is 14.8. The van der Waals surface area contributed by atoms with Crippen molar-refractivity contribution in [3.05, 3.63) is 66.0 Å². The molecule has 1 saturated carbocycles. The second-order valence-electron chi connectivity index (χ2n) is 7.10. The van der Waals surface area contributed by atoms with Gasteiger partial charge in [-0.05, 0) is 47.7 Å². The average molecular weight is 343 g/mol. The summed E-state index contributed by atoms with van der Waals surface area (Å²) < 4.78 is 1.92. The third-order valence-corrected chi connectivity index (χ3v) is 5.20. The molecule has 1 fully saturated rings. The van der Waals surface area contributed by atoms with Gasteiger partial charge in [-0.2, -0.15) is 4.52 Å². The van der Waals surface area contributed by atoms with Crippen molar-refractivity contribution >= 4 is 22.2 Å². The number of hydrogen-bond acceptors (Lipinski definition) is 4. The van der Waals surface area contributed by atoms with Crippen molar-refractivity contribution in [2.75, 3.05) is 18.5 Å². The van der Waals surface area contributed by atoms with E-state index in [2.05, 4.69) is 64.6 Å². The van der Waals surface area contributed by atoms with Crippen LogP contribution in [0.5, 0.6) is 0 Å².